The zero-order valence-electron chi connectivity index (χ0n) is 13.2. The third-order valence-electron chi connectivity index (χ3n) is 4.87. The van der Waals surface area contributed by atoms with Crippen LogP contribution in [0.15, 0.2) is 36.7 Å². The van der Waals surface area contributed by atoms with E-state index in [-0.39, 0.29) is 17.4 Å². The van der Waals surface area contributed by atoms with Gasteiger partial charge in [-0.25, -0.2) is 0 Å². The van der Waals surface area contributed by atoms with Gasteiger partial charge in [-0.3, -0.25) is 4.79 Å². The Kier molecular flexibility index (Phi) is 3.41. The van der Waals surface area contributed by atoms with Crippen molar-refractivity contribution in [2.45, 2.75) is 24.4 Å². The van der Waals surface area contributed by atoms with Crippen LogP contribution in [-0.4, -0.2) is 45.3 Å². The summed E-state index contributed by atoms with van der Waals surface area (Å²) < 4.78 is 7.66. The predicted octanol–water partition coefficient (Wildman–Crippen LogP) is 1.45. The van der Waals surface area contributed by atoms with Gasteiger partial charge >= 0.3 is 0 Å². The number of nitrogens with zero attached hydrogens (tertiary/aromatic N) is 4. The van der Waals surface area contributed by atoms with Crippen molar-refractivity contribution >= 4 is 5.91 Å². The minimum Gasteiger partial charge on any atom is -0.366 e. The van der Waals surface area contributed by atoms with Crippen LogP contribution in [0.1, 0.15) is 30.3 Å². The van der Waals surface area contributed by atoms with E-state index in [0.717, 1.165) is 24.2 Å². The van der Waals surface area contributed by atoms with Gasteiger partial charge in [0.05, 0.1) is 18.6 Å². The Balaban J connectivity index is 1.54. The van der Waals surface area contributed by atoms with Gasteiger partial charge in [0, 0.05) is 13.6 Å². The molecule has 6 heteroatoms. The van der Waals surface area contributed by atoms with Crippen molar-refractivity contribution in [1.82, 2.24) is 19.7 Å². The van der Waals surface area contributed by atoms with Crippen LogP contribution in [0, 0.1) is 0 Å². The monoisotopic (exact) mass is 312 g/mol. The second-order valence-electron chi connectivity index (χ2n) is 6.36. The van der Waals surface area contributed by atoms with Crippen LogP contribution in [0.2, 0.25) is 0 Å². The van der Waals surface area contributed by atoms with Crippen molar-refractivity contribution < 1.29 is 9.53 Å². The molecule has 1 aromatic carbocycles. The molecule has 2 aliphatic rings. The normalized spacial score (nSPS) is 22.8. The van der Waals surface area contributed by atoms with E-state index in [1.54, 1.807) is 6.33 Å². The number of ether oxygens (including phenoxy) is 1. The average molecular weight is 312 g/mol. The number of amides is 1. The summed E-state index contributed by atoms with van der Waals surface area (Å²) in [6, 6.07) is 10.1. The maximum Gasteiger partial charge on any atom is 0.233 e. The van der Waals surface area contributed by atoms with Crippen molar-refractivity contribution in [3.05, 3.63) is 48.0 Å². The molecule has 2 aromatic rings. The Labute approximate surface area is 135 Å². The third-order valence-corrected chi connectivity index (χ3v) is 4.87. The van der Waals surface area contributed by atoms with Crippen LogP contribution in [-0.2, 0) is 22.0 Å². The molecule has 0 bridgehead atoms. The molecular weight excluding hydrogens is 292 g/mol. The number of aryl methyl sites for hydroxylation is 1. The van der Waals surface area contributed by atoms with Gasteiger partial charge < -0.3 is 14.2 Å². The fraction of sp³-hybridized carbons (Fsp3) is 0.471. The van der Waals surface area contributed by atoms with Gasteiger partial charge in [0.2, 0.25) is 5.91 Å². The summed E-state index contributed by atoms with van der Waals surface area (Å²) in [5.74, 6) is 0.992. The lowest BCUT2D eigenvalue weighted by Gasteiger charge is -2.34. The summed E-state index contributed by atoms with van der Waals surface area (Å²) >= 11 is 0. The van der Waals surface area contributed by atoms with Crippen molar-refractivity contribution in [1.29, 1.82) is 0 Å². The number of hydrogen-bond acceptors (Lipinski definition) is 4. The van der Waals surface area contributed by atoms with Gasteiger partial charge in [-0.2, -0.15) is 0 Å². The molecule has 1 atom stereocenters. The Hall–Kier alpha value is -2.21. The van der Waals surface area contributed by atoms with Crippen LogP contribution in [0.25, 0.3) is 0 Å². The molecule has 0 N–H and O–H groups in total. The number of carbonyl (C=O) groups excluding carboxylic acids is 1. The molecular formula is C17H20N4O2. The van der Waals surface area contributed by atoms with E-state index < -0.39 is 0 Å². The van der Waals surface area contributed by atoms with Crippen molar-refractivity contribution in [2.24, 2.45) is 7.05 Å². The Morgan fingerprint density at radius 2 is 2.09 bits per heavy atom. The summed E-state index contributed by atoms with van der Waals surface area (Å²) in [5.41, 5.74) is 0.815. The molecule has 0 spiro atoms. The number of rotatable bonds is 3. The number of carbonyl (C=O) groups is 1. The van der Waals surface area contributed by atoms with E-state index in [2.05, 4.69) is 22.3 Å². The predicted molar refractivity (Wildman–Crippen MR) is 83.6 cm³/mol. The molecule has 4 rings (SSSR count). The van der Waals surface area contributed by atoms with E-state index in [9.17, 15) is 4.79 Å². The summed E-state index contributed by atoms with van der Waals surface area (Å²) in [6.45, 7) is 1.72. The van der Waals surface area contributed by atoms with Crippen LogP contribution >= 0.6 is 0 Å². The minimum atomic E-state index is -0.316. The second kappa shape index (κ2) is 5.45. The quantitative estimate of drug-likeness (QED) is 0.860. The Morgan fingerprint density at radius 1 is 1.30 bits per heavy atom. The molecule has 6 nitrogen and oxygen atoms in total. The smallest absolute Gasteiger partial charge is 0.233 e. The van der Waals surface area contributed by atoms with E-state index >= 15 is 0 Å². The molecule has 1 aliphatic carbocycles. The molecule has 2 heterocycles. The Bertz CT molecular complexity index is 708. The molecule has 1 aliphatic heterocycles. The first-order valence-electron chi connectivity index (χ1n) is 8.01. The lowest BCUT2D eigenvalue weighted by molar-refractivity contribution is -0.142. The second-order valence-corrected chi connectivity index (χ2v) is 6.36. The fourth-order valence-electron chi connectivity index (χ4n) is 3.38. The number of morpholine rings is 1. The topological polar surface area (TPSA) is 60.2 Å². The molecule has 1 saturated carbocycles. The van der Waals surface area contributed by atoms with Crippen LogP contribution in [0.4, 0.5) is 0 Å². The molecule has 23 heavy (non-hydrogen) atoms. The highest BCUT2D eigenvalue weighted by molar-refractivity contribution is 5.91. The van der Waals surface area contributed by atoms with Crippen LogP contribution in [0.3, 0.4) is 0 Å². The molecule has 120 valence electrons. The molecule has 0 radical (unpaired) electrons. The van der Waals surface area contributed by atoms with Crippen LogP contribution in [0.5, 0.6) is 0 Å². The molecule has 1 amide bonds. The van der Waals surface area contributed by atoms with Gasteiger partial charge in [0.1, 0.15) is 12.4 Å². The lowest BCUT2D eigenvalue weighted by atomic mass is 9.94. The highest BCUT2D eigenvalue weighted by Gasteiger charge is 2.53. The van der Waals surface area contributed by atoms with E-state index in [1.807, 2.05) is 34.7 Å². The van der Waals surface area contributed by atoms with Gasteiger partial charge in [0.25, 0.3) is 0 Å². The van der Waals surface area contributed by atoms with Gasteiger partial charge in [0.15, 0.2) is 5.82 Å². The van der Waals surface area contributed by atoms with E-state index in [1.165, 1.54) is 0 Å². The minimum absolute atomic E-state index is 0.202. The fourth-order valence-corrected chi connectivity index (χ4v) is 3.38. The average Bonchev–Trinajstić information content (AvgIpc) is 3.31. The Morgan fingerprint density at radius 3 is 2.74 bits per heavy atom. The first-order chi connectivity index (χ1) is 11.2. The summed E-state index contributed by atoms with van der Waals surface area (Å²) in [4.78, 5) is 15.0. The van der Waals surface area contributed by atoms with Gasteiger partial charge in [-0.15, -0.1) is 10.2 Å². The first-order valence-corrected chi connectivity index (χ1v) is 8.01. The lowest BCUT2D eigenvalue weighted by Crippen LogP contribution is -2.47. The van der Waals surface area contributed by atoms with Gasteiger partial charge in [-0.1, -0.05) is 30.3 Å². The standard InChI is InChI=1S/C17H20N4O2/c1-20-12-18-19-15(20)14-11-21(9-10-23-14)16(22)17(7-8-17)13-5-3-2-4-6-13/h2-6,12,14H,7-11H2,1H3. The van der Waals surface area contributed by atoms with Crippen molar-refractivity contribution in [2.75, 3.05) is 19.7 Å². The maximum absolute atomic E-state index is 13.1. The zero-order valence-corrected chi connectivity index (χ0v) is 13.2. The largest absolute Gasteiger partial charge is 0.366 e. The molecule has 1 aromatic heterocycles. The third kappa shape index (κ3) is 2.43. The number of hydrogen-bond donors (Lipinski definition) is 0. The zero-order chi connectivity index (χ0) is 15.9. The van der Waals surface area contributed by atoms with E-state index in [0.29, 0.717) is 19.7 Å². The highest BCUT2D eigenvalue weighted by atomic mass is 16.5. The maximum atomic E-state index is 13.1. The van der Waals surface area contributed by atoms with Crippen molar-refractivity contribution in [3.63, 3.8) is 0 Å². The number of aromatic nitrogens is 3. The van der Waals surface area contributed by atoms with E-state index in [4.69, 9.17) is 4.74 Å². The summed E-state index contributed by atoms with van der Waals surface area (Å²) in [6.07, 6.45) is 3.32. The number of benzene rings is 1. The molecule has 1 unspecified atom stereocenters. The summed E-state index contributed by atoms with van der Waals surface area (Å²) in [5, 5.41) is 8.02. The van der Waals surface area contributed by atoms with Crippen LogP contribution < -0.4 is 0 Å². The highest BCUT2D eigenvalue weighted by Crippen LogP contribution is 2.49. The van der Waals surface area contributed by atoms with Gasteiger partial charge in [-0.05, 0) is 18.4 Å². The first kappa shape index (κ1) is 14.4. The molecule has 2 fully saturated rings. The SMILES string of the molecule is Cn1cnnc1C1CN(C(=O)C2(c3ccccc3)CC2)CCO1. The molecule has 1 saturated heterocycles. The summed E-state index contributed by atoms with van der Waals surface area (Å²) in [7, 11) is 1.89. The van der Waals surface area contributed by atoms with Crippen molar-refractivity contribution in [3.8, 4) is 0 Å².